The number of hydrogen-bond acceptors (Lipinski definition) is 2. The first kappa shape index (κ1) is 16.7. The maximum atomic E-state index is 5.42. The van der Waals surface area contributed by atoms with Gasteiger partial charge in [-0.05, 0) is 41.4 Å². The van der Waals surface area contributed by atoms with Crippen LogP contribution in [0.1, 0.15) is 77.6 Å². The van der Waals surface area contributed by atoms with Crippen LogP contribution >= 0.6 is 0 Å². The van der Waals surface area contributed by atoms with Gasteiger partial charge in [0.25, 0.3) is 0 Å². The number of allylic oxidation sites excluding steroid dienone is 2. The first-order chi connectivity index (χ1) is 9.87. The molecular weight excluding hydrogens is 272 g/mol. The van der Waals surface area contributed by atoms with Crippen LogP contribution in [0.2, 0.25) is 0 Å². The summed E-state index contributed by atoms with van der Waals surface area (Å²) in [5.41, 5.74) is 8.29. The van der Waals surface area contributed by atoms with E-state index in [2.05, 4.69) is 61.6 Å². The lowest BCUT2D eigenvalue weighted by Gasteiger charge is -2.34. The molecule has 1 aromatic heterocycles. The van der Waals surface area contributed by atoms with Crippen molar-refractivity contribution in [2.75, 3.05) is 0 Å². The van der Waals surface area contributed by atoms with Crippen molar-refractivity contribution >= 4 is 22.3 Å². The Balaban J connectivity index is 3.13. The molecule has 22 heavy (non-hydrogen) atoms. The van der Waals surface area contributed by atoms with Crippen LogP contribution in [0.5, 0.6) is 0 Å². The predicted octanol–water partition coefficient (Wildman–Crippen LogP) is 6.69. The molecular formula is C20H28O2. The highest BCUT2D eigenvalue weighted by Gasteiger charge is 2.36. The summed E-state index contributed by atoms with van der Waals surface area (Å²) in [6.45, 7) is 25.8. The zero-order valence-corrected chi connectivity index (χ0v) is 15.2. The summed E-state index contributed by atoms with van der Waals surface area (Å²) in [6, 6.07) is 0. The van der Waals surface area contributed by atoms with E-state index < -0.39 is 0 Å². The van der Waals surface area contributed by atoms with Gasteiger partial charge in [0.2, 0.25) is 11.2 Å². The molecule has 2 aromatic rings. The van der Waals surface area contributed by atoms with Gasteiger partial charge in [-0.15, -0.1) is 0 Å². The smallest absolute Gasteiger partial charge is 0.234 e. The fourth-order valence-electron chi connectivity index (χ4n) is 3.21. The van der Waals surface area contributed by atoms with Gasteiger partial charge in [-0.25, -0.2) is 0 Å². The zero-order chi connectivity index (χ0) is 17.0. The molecule has 0 saturated carbocycles. The van der Waals surface area contributed by atoms with Gasteiger partial charge in [0.05, 0.1) is 0 Å². The summed E-state index contributed by atoms with van der Waals surface area (Å²) >= 11 is 0. The fourth-order valence-corrected chi connectivity index (χ4v) is 3.21. The van der Waals surface area contributed by atoms with Crippen molar-refractivity contribution in [1.82, 2.24) is 0 Å². The molecule has 2 nitrogen and oxygen atoms in total. The van der Waals surface area contributed by atoms with Crippen LogP contribution in [0, 0.1) is 0 Å². The SMILES string of the molecule is C=C(C)c1c(C(C)(C)C)c(C(C)(C)C)c2ooc2c1C(=C)C. The molecule has 120 valence electrons. The highest BCUT2D eigenvalue weighted by atomic mass is 17.0. The van der Waals surface area contributed by atoms with Crippen LogP contribution < -0.4 is 0 Å². The van der Waals surface area contributed by atoms with Crippen molar-refractivity contribution in [2.45, 2.75) is 66.2 Å². The summed E-state index contributed by atoms with van der Waals surface area (Å²) in [4.78, 5) is 0. The maximum absolute atomic E-state index is 5.42. The summed E-state index contributed by atoms with van der Waals surface area (Å²) in [5.74, 6) is 0. The molecule has 0 saturated heterocycles. The van der Waals surface area contributed by atoms with E-state index in [4.69, 9.17) is 9.15 Å². The summed E-state index contributed by atoms with van der Waals surface area (Å²) in [6.07, 6.45) is 0. The maximum Gasteiger partial charge on any atom is 0.234 e. The van der Waals surface area contributed by atoms with Gasteiger partial charge in [-0.1, -0.05) is 60.3 Å². The predicted molar refractivity (Wildman–Crippen MR) is 95.3 cm³/mol. The zero-order valence-electron chi connectivity index (χ0n) is 15.2. The van der Waals surface area contributed by atoms with Gasteiger partial charge < -0.3 is 0 Å². The standard InChI is InChI=1S/C20H28O2/c1-11(2)13-14(12(3)4)17-18(22-21-17)16(20(8,9)10)15(13)19(5,6)7/h1,3H2,2,4-10H3. The van der Waals surface area contributed by atoms with Crippen LogP contribution in [0.3, 0.4) is 0 Å². The molecule has 0 aliphatic heterocycles. The molecule has 0 unspecified atom stereocenters. The third-order valence-corrected chi connectivity index (χ3v) is 3.97. The second-order valence-corrected chi connectivity index (χ2v) is 8.39. The van der Waals surface area contributed by atoms with E-state index in [-0.39, 0.29) is 10.8 Å². The highest BCUT2D eigenvalue weighted by Crippen LogP contribution is 2.47. The van der Waals surface area contributed by atoms with Crippen molar-refractivity contribution in [3.8, 4) is 0 Å². The van der Waals surface area contributed by atoms with Gasteiger partial charge in [0, 0.05) is 11.1 Å². The fraction of sp³-hybridized carbons (Fsp3) is 0.500. The highest BCUT2D eigenvalue weighted by molar-refractivity contribution is 5.96. The molecule has 2 heteroatoms. The van der Waals surface area contributed by atoms with Gasteiger partial charge in [0.1, 0.15) is 0 Å². The molecule has 2 rings (SSSR count). The Bertz CT molecular complexity index is 752. The van der Waals surface area contributed by atoms with Crippen molar-refractivity contribution in [1.29, 1.82) is 0 Å². The number of fused-ring (bicyclic) bond motifs is 1. The topological polar surface area (TPSA) is 26.3 Å². The first-order valence-electron chi connectivity index (χ1n) is 7.78. The largest absolute Gasteiger partial charge is 0.285 e. The third kappa shape index (κ3) is 2.45. The molecule has 0 spiro atoms. The van der Waals surface area contributed by atoms with Crippen LogP contribution in [0.25, 0.3) is 22.3 Å². The first-order valence-corrected chi connectivity index (χ1v) is 7.78. The molecule has 0 radical (unpaired) electrons. The van der Waals surface area contributed by atoms with E-state index in [1.807, 2.05) is 6.92 Å². The van der Waals surface area contributed by atoms with Crippen molar-refractivity contribution in [3.05, 3.63) is 35.4 Å². The minimum atomic E-state index is -0.0473. The quantitative estimate of drug-likeness (QED) is 0.578. The van der Waals surface area contributed by atoms with Gasteiger partial charge >= 0.3 is 0 Å². The summed E-state index contributed by atoms with van der Waals surface area (Å²) < 4.78 is 10.8. The van der Waals surface area contributed by atoms with Crippen LogP contribution in [-0.2, 0) is 10.8 Å². The minimum absolute atomic E-state index is 0.0327. The number of benzene rings is 1. The second-order valence-electron chi connectivity index (χ2n) is 8.39. The summed E-state index contributed by atoms with van der Waals surface area (Å²) in [5, 5.41) is 0. The van der Waals surface area contributed by atoms with Crippen molar-refractivity contribution < 1.29 is 9.15 Å². The molecule has 1 aromatic carbocycles. The summed E-state index contributed by atoms with van der Waals surface area (Å²) in [7, 11) is 0. The number of hydrogen-bond donors (Lipinski definition) is 0. The van der Waals surface area contributed by atoms with E-state index >= 15 is 0 Å². The molecule has 0 aliphatic rings. The third-order valence-electron chi connectivity index (χ3n) is 3.97. The van der Waals surface area contributed by atoms with Gasteiger partial charge in [0.15, 0.2) is 0 Å². The van der Waals surface area contributed by atoms with E-state index in [0.717, 1.165) is 33.4 Å². The van der Waals surface area contributed by atoms with Gasteiger partial charge in [-0.3, -0.25) is 9.15 Å². The Kier molecular flexibility index (Phi) is 3.72. The van der Waals surface area contributed by atoms with E-state index in [0.29, 0.717) is 0 Å². The lowest BCUT2D eigenvalue weighted by atomic mass is 9.70. The molecule has 0 aliphatic carbocycles. The average Bonchev–Trinajstić information content (AvgIpc) is 2.25. The van der Waals surface area contributed by atoms with E-state index in [1.165, 1.54) is 11.1 Å². The van der Waals surface area contributed by atoms with Crippen LogP contribution in [0.4, 0.5) is 0 Å². The van der Waals surface area contributed by atoms with E-state index in [9.17, 15) is 0 Å². The monoisotopic (exact) mass is 300 g/mol. The van der Waals surface area contributed by atoms with E-state index in [1.54, 1.807) is 0 Å². The average molecular weight is 300 g/mol. The lowest BCUT2D eigenvalue weighted by Crippen LogP contribution is -2.25. The van der Waals surface area contributed by atoms with Crippen LogP contribution in [-0.4, -0.2) is 0 Å². The van der Waals surface area contributed by atoms with Crippen molar-refractivity contribution in [2.24, 2.45) is 0 Å². The molecule has 0 fully saturated rings. The molecule has 0 atom stereocenters. The number of rotatable bonds is 2. The Morgan fingerprint density at radius 3 is 1.36 bits per heavy atom. The van der Waals surface area contributed by atoms with Crippen molar-refractivity contribution in [3.63, 3.8) is 0 Å². The second kappa shape index (κ2) is 4.91. The van der Waals surface area contributed by atoms with Gasteiger partial charge in [-0.2, -0.15) is 0 Å². The molecule has 0 amide bonds. The minimum Gasteiger partial charge on any atom is -0.285 e. The molecule has 1 heterocycles. The molecule has 0 bridgehead atoms. The molecule has 0 N–H and O–H groups in total. The normalized spacial score (nSPS) is 12.9. The Morgan fingerprint density at radius 1 is 0.682 bits per heavy atom. The Labute approximate surface area is 133 Å². The lowest BCUT2D eigenvalue weighted by molar-refractivity contribution is 0.0567. The van der Waals surface area contributed by atoms with Crippen LogP contribution in [0.15, 0.2) is 22.3 Å². The Hall–Kier alpha value is -1.70. The Morgan fingerprint density at radius 2 is 1.09 bits per heavy atom.